The highest BCUT2D eigenvalue weighted by atomic mass is 16.5. The predicted octanol–water partition coefficient (Wildman–Crippen LogP) is 1.32. The Morgan fingerprint density at radius 1 is 1.35 bits per heavy atom. The van der Waals surface area contributed by atoms with Gasteiger partial charge in [0.05, 0.1) is 18.1 Å². The van der Waals surface area contributed by atoms with Gasteiger partial charge in [0.15, 0.2) is 0 Å². The third kappa shape index (κ3) is 2.59. The Balaban J connectivity index is 2.20. The Morgan fingerprint density at radius 3 is 2.70 bits per heavy atom. The van der Waals surface area contributed by atoms with Gasteiger partial charge in [-0.05, 0) is 19.4 Å². The van der Waals surface area contributed by atoms with Crippen molar-refractivity contribution in [1.82, 2.24) is 10.2 Å². The molecule has 1 aromatic heterocycles. The van der Waals surface area contributed by atoms with Crippen LogP contribution in [-0.4, -0.2) is 33.5 Å². The van der Waals surface area contributed by atoms with Crippen LogP contribution in [-0.2, 0) is 16.0 Å². The van der Waals surface area contributed by atoms with E-state index in [1.807, 2.05) is 30.3 Å². The van der Waals surface area contributed by atoms with E-state index in [2.05, 4.69) is 10.2 Å². The van der Waals surface area contributed by atoms with Crippen LogP contribution in [0.2, 0.25) is 0 Å². The number of ether oxygens (including phenoxy) is 1. The first-order valence-electron chi connectivity index (χ1n) is 7.69. The number of benzene rings is 1. The van der Waals surface area contributed by atoms with Crippen molar-refractivity contribution in [2.75, 3.05) is 6.61 Å². The summed E-state index contributed by atoms with van der Waals surface area (Å²) in [5, 5.41) is 16.3. The highest BCUT2D eigenvalue weighted by Crippen LogP contribution is 2.44. The van der Waals surface area contributed by atoms with Crippen LogP contribution >= 0.6 is 0 Å². The van der Waals surface area contributed by atoms with Crippen molar-refractivity contribution in [1.29, 1.82) is 0 Å². The SMILES string of the molecule is CCOC(=O)[C@@H]1[C@H](c2ccccc2)c2c([nH][nH]c2=O)C[C@]1(C)O. The number of carbonyl (C=O) groups is 1. The van der Waals surface area contributed by atoms with E-state index in [0.29, 0.717) is 11.3 Å². The molecular formula is C17H20N2O4. The third-order valence-electron chi connectivity index (χ3n) is 4.44. The van der Waals surface area contributed by atoms with Crippen molar-refractivity contribution in [3.05, 3.63) is 57.5 Å². The number of esters is 1. The van der Waals surface area contributed by atoms with Crippen LogP contribution in [0.15, 0.2) is 35.1 Å². The van der Waals surface area contributed by atoms with E-state index in [-0.39, 0.29) is 18.6 Å². The van der Waals surface area contributed by atoms with Gasteiger partial charge in [0.1, 0.15) is 0 Å². The minimum Gasteiger partial charge on any atom is -0.466 e. The molecule has 6 heteroatoms. The fourth-order valence-corrected chi connectivity index (χ4v) is 3.51. The molecule has 6 nitrogen and oxygen atoms in total. The van der Waals surface area contributed by atoms with Crippen molar-refractivity contribution in [3.63, 3.8) is 0 Å². The summed E-state index contributed by atoms with van der Waals surface area (Å²) < 4.78 is 5.18. The van der Waals surface area contributed by atoms with Crippen LogP contribution in [0, 0.1) is 5.92 Å². The van der Waals surface area contributed by atoms with Gasteiger partial charge in [-0.3, -0.25) is 14.7 Å². The molecule has 0 spiro atoms. The fraction of sp³-hybridized carbons (Fsp3) is 0.412. The number of carbonyl (C=O) groups excluding carboxylic acids is 1. The second-order valence-electron chi connectivity index (χ2n) is 6.12. The van der Waals surface area contributed by atoms with E-state index in [1.165, 1.54) is 0 Å². The lowest BCUT2D eigenvalue weighted by atomic mass is 9.66. The molecule has 122 valence electrons. The van der Waals surface area contributed by atoms with Crippen LogP contribution in [0.3, 0.4) is 0 Å². The number of H-pyrrole nitrogens is 2. The number of hydrogen-bond donors (Lipinski definition) is 3. The first-order valence-corrected chi connectivity index (χ1v) is 7.69. The Bertz CT molecular complexity index is 760. The maximum atomic E-state index is 12.5. The van der Waals surface area contributed by atoms with Gasteiger partial charge in [0.2, 0.25) is 0 Å². The van der Waals surface area contributed by atoms with E-state index < -0.39 is 23.4 Å². The third-order valence-corrected chi connectivity index (χ3v) is 4.44. The van der Waals surface area contributed by atoms with Gasteiger partial charge in [-0.1, -0.05) is 30.3 Å². The highest BCUT2D eigenvalue weighted by Gasteiger charge is 2.51. The molecule has 0 unspecified atom stereocenters. The summed E-state index contributed by atoms with van der Waals surface area (Å²) in [5.41, 5.74) is 0.357. The molecule has 3 N–H and O–H groups in total. The molecule has 0 amide bonds. The molecule has 0 radical (unpaired) electrons. The molecule has 0 saturated heterocycles. The molecule has 3 atom stereocenters. The monoisotopic (exact) mass is 316 g/mol. The average molecular weight is 316 g/mol. The smallest absolute Gasteiger partial charge is 0.312 e. The molecule has 0 aliphatic heterocycles. The number of rotatable bonds is 3. The summed E-state index contributed by atoms with van der Waals surface area (Å²) in [4.78, 5) is 24.8. The van der Waals surface area contributed by atoms with E-state index in [9.17, 15) is 14.7 Å². The zero-order chi connectivity index (χ0) is 16.6. The first kappa shape index (κ1) is 15.6. The van der Waals surface area contributed by atoms with E-state index >= 15 is 0 Å². The topological polar surface area (TPSA) is 95.2 Å². The average Bonchev–Trinajstić information content (AvgIpc) is 2.86. The fourth-order valence-electron chi connectivity index (χ4n) is 3.51. The maximum Gasteiger partial charge on any atom is 0.312 e. The normalized spacial score (nSPS) is 26.6. The quantitative estimate of drug-likeness (QED) is 0.744. The molecule has 0 saturated carbocycles. The van der Waals surface area contributed by atoms with Gasteiger partial charge in [-0.15, -0.1) is 0 Å². The van der Waals surface area contributed by atoms with Gasteiger partial charge >= 0.3 is 5.97 Å². The molecule has 1 aromatic carbocycles. The standard InChI is InChI=1S/C17H20N2O4/c1-3-23-16(21)14-12(10-7-5-4-6-8-10)13-11(9-17(14,2)22)18-19-15(13)20/h4-8,12,14,22H,3,9H2,1-2H3,(H2,18,19,20)/t12-,14+,17+/m1/s1. The van der Waals surface area contributed by atoms with Crippen LogP contribution in [0.1, 0.15) is 36.6 Å². The van der Waals surface area contributed by atoms with E-state index in [1.54, 1.807) is 13.8 Å². The maximum absolute atomic E-state index is 12.5. The highest BCUT2D eigenvalue weighted by molar-refractivity contribution is 5.77. The summed E-state index contributed by atoms with van der Waals surface area (Å²) in [6, 6.07) is 9.28. The lowest BCUT2D eigenvalue weighted by Gasteiger charge is -2.40. The number of fused-ring (bicyclic) bond motifs is 1. The molecule has 1 aliphatic carbocycles. The lowest BCUT2D eigenvalue weighted by molar-refractivity contribution is -0.159. The molecule has 1 aliphatic rings. The molecule has 0 fully saturated rings. The van der Waals surface area contributed by atoms with Gasteiger partial charge < -0.3 is 14.9 Å². The van der Waals surface area contributed by atoms with Gasteiger partial charge in [-0.25, -0.2) is 0 Å². The number of hydrogen-bond acceptors (Lipinski definition) is 4. The predicted molar refractivity (Wildman–Crippen MR) is 84.1 cm³/mol. The minimum absolute atomic E-state index is 0.188. The van der Waals surface area contributed by atoms with Gasteiger partial charge in [-0.2, -0.15) is 0 Å². The lowest BCUT2D eigenvalue weighted by Crippen LogP contribution is -2.50. The summed E-state index contributed by atoms with van der Waals surface area (Å²) >= 11 is 0. The first-order chi connectivity index (χ1) is 11.0. The second-order valence-corrected chi connectivity index (χ2v) is 6.12. The molecule has 0 bridgehead atoms. The zero-order valence-electron chi connectivity index (χ0n) is 13.1. The number of aromatic nitrogens is 2. The van der Waals surface area contributed by atoms with Crippen molar-refractivity contribution in [2.24, 2.45) is 5.92 Å². The Labute approximate surface area is 133 Å². The molecular weight excluding hydrogens is 296 g/mol. The van der Waals surface area contributed by atoms with Crippen molar-refractivity contribution < 1.29 is 14.6 Å². The van der Waals surface area contributed by atoms with Gasteiger partial charge in [0.25, 0.3) is 5.56 Å². The summed E-state index contributed by atoms with van der Waals surface area (Å²) in [7, 11) is 0. The Hall–Kier alpha value is -2.34. The summed E-state index contributed by atoms with van der Waals surface area (Å²) in [5.74, 6) is -1.88. The van der Waals surface area contributed by atoms with Crippen LogP contribution < -0.4 is 5.56 Å². The molecule has 1 heterocycles. The largest absolute Gasteiger partial charge is 0.466 e. The number of aromatic amines is 2. The number of aliphatic hydroxyl groups is 1. The minimum atomic E-state index is -1.31. The Morgan fingerprint density at radius 2 is 2.04 bits per heavy atom. The molecule has 23 heavy (non-hydrogen) atoms. The summed E-state index contributed by atoms with van der Waals surface area (Å²) in [6.45, 7) is 3.56. The second kappa shape index (κ2) is 5.70. The van der Waals surface area contributed by atoms with Crippen LogP contribution in [0.25, 0.3) is 0 Å². The van der Waals surface area contributed by atoms with Crippen LogP contribution in [0.4, 0.5) is 0 Å². The van der Waals surface area contributed by atoms with E-state index in [0.717, 1.165) is 5.56 Å². The van der Waals surface area contributed by atoms with Gasteiger partial charge in [0, 0.05) is 23.6 Å². The zero-order valence-corrected chi connectivity index (χ0v) is 13.1. The van der Waals surface area contributed by atoms with Crippen LogP contribution in [0.5, 0.6) is 0 Å². The molecule has 3 rings (SSSR count). The van der Waals surface area contributed by atoms with Crippen molar-refractivity contribution in [2.45, 2.75) is 31.8 Å². The van der Waals surface area contributed by atoms with Crippen molar-refractivity contribution >= 4 is 5.97 Å². The van der Waals surface area contributed by atoms with E-state index in [4.69, 9.17) is 4.74 Å². The summed E-state index contributed by atoms with van der Waals surface area (Å²) in [6.07, 6.45) is 0.188. The molecule has 2 aromatic rings. The Kier molecular flexibility index (Phi) is 3.85. The van der Waals surface area contributed by atoms with Crippen molar-refractivity contribution in [3.8, 4) is 0 Å². The number of nitrogens with one attached hydrogen (secondary N) is 2.